The molecule has 29 heavy (non-hydrogen) atoms. The van der Waals surface area contributed by atoms with E-state index in [2.05, 4.69) is 0 Å². The van der Waals surface area contributed by atoms with Crippen molar-refractivity contribution in [1.82, 2.24) is 0 Å². The first-order valence-corrected chi connectivity index (χ1v) is 11.4. The normalized spacial score (nSPS) is 11.3. The minimum atomic E-state index is -4.35. The number of benzene rings is 3. The lowest BCUT2D eigenvalue weighted by atomic mass is 10.3. The maximum Gasteiger partial charge on any atom is 0.294 e. The summed E-state index contributed by atoms with van der Waals surface area (Å²) < 4.78 is 49.3. The van der Waals surface area contributed by atoms with E-state index in [4.69, 9.17) is 14.2 Å². The van der Waals surface area contributed by atoms with Gasteiger partial charge in [-0.1, -0.05) is 36.4 Å². The molecule has 0 aliphatic heterocycles. The summed E-state index contributed by atoms with van der Waals surface area (Å²) in [6, 6.07) is 19.6. The molecular weight excluding hydrogens is 411 g/mol. The standard InChI is InChI=1S/C21H21O6PS/c1-25-16-8-4-6-10-19(16)28(20-11-7-5-9-17(20)26-2)21-13-12-15(29(22,23)24)14-18(21)27-3/h4-14H,1-3H3,(H,22,23,24). The highest BCUT2D eigenvalue weighted by Gasteiger charge is 2.27. The van der Waals surface area contributed by atoms with Crippen molar-refractivity contribution in [2.24, 2.45) is 0 Å². The van der Waals surface area contributed by atoms with Gasteiger partial charge in [-0.3, -0.25) is 4.55 Å². The second-order valence-corrected chi connectivity index (χ2v) is 9.53. The third kappa shape index (κ3) is 4.37. The fourth-order valence-electron chi connectivity index (χ4n) is 3.02. The van der Waals surface area contributed by atoms with Crippen LogP contribution >= 0.6 is 7.92 Å². The van der Waals surface area contributed by atoms with Gasteiger partial charge in [0, 0.05) is 22.0 Å². The Bertz CT molecular complexity index is 1070. The molecule has 0 bridgehead atoms. The number of rotatable bonds is 7. The summed E-state index contributed by atoms with van der Waals surface area (Å²) in [4.78, 5) is -0.229. The zero-order valence-electron chi connectivity index (χ0n) is 16.2. The zero-order valence-corrected chi connectivity index (χ0v) is 17.9. The summed E-state index contributed by atoms with van der Waals surface area (Å²) in [7, 11) is -0.909. The second-order valence-electron chi connectivity index (χ2n) is 5.99. The third-order valence-electron chi connectivity index (χ3n) is 4.34. The number of hydrogen-bond acceptors (Lipinski definition) is 5. The van der Waals surface area contributed by atoms with Crippen LogP contribution < -0.4 is 30.1 Å². The molecule has 3 aromatic rings. The molecule has 6 nitrogen and oxygen atoms in total. The highest BCUT2D eigenvalue weighted by Crippen LogP contribution is 2.42. The molecule has 0 heterocycles. The smallest absolute Gasteiger partial charge is 0.294 e. The van der Waals surface area contributed by atoms with E-state index in [0.717, 1.165) is 15.9 Å². The molecule has 0 fully saturated rings. The molecule has 8 heteroatoms. The molecule has 152 valence electrons. The van der Waals surface area contributed by atoms with Crippen molar-refractivity contribution in [3.8, 4) is 17.2 Å². The first kappa shape index (κ1) is 21.1. The van der Waals surface area contributed by atoms with Crippen LogP contribution in [0.5, 0.6) is 17.2 Å². The van der Waals surface area contributed by atoms with Crippen LogP contribution in [0.2, 0.25) is 0 Å². The lowest BCUT2D eigenvalue weighted by molar-refractivity contribution is 0.415. The van der Waals surface area contributed by atoms with Crippen LogP contribution in [0.1, 0.15) is 0 Å². The van der Waals surface area contributed by atoms with Gasteiger partial charge in [0.15, 0.2) is 0 Å². The third-order valence-corrected chi connectivity index (χ3v) is 7.75. The topological polar surface area (TPSA) is 82.1 Å². The molecule has 0 amide bonds. The molecule has 0 aliphatic carbocycles. The van der Waals surface area contributed by atoms with Gasteiger partial charge >= 0.3 is 0 Å². The van der Waals surface area contributed by atoms with Crippen molar-refractivity contribution in [2.45, 2.75) is 4.90 Å². The molecule has 3 aromatic carbocycles. The lowest BCUT2D eigenvalue weighted by Crippen LogP contribution is -2.24. The monoisotopic (exact) mass is 432 g/mol. The molecule has 0 aromatic heterocycles. The van der Waals surface area contributed by atoms with Crippen molar-refractivity contribution in [3.05, 3.63) is 66.7 Å². The van der Waals surface area contributed by atoms with E-state index < -0.39 is 18.0 Å². The van der Waals surface area contributed by atoms with E-state index in [1.807, 2.05) is 48.5 Å². The number of para-hydroxylation sites is 2. The van der Waals surface area contributed by atoms with Crippen LogP contribution in [-0.4, -0.2) is 34.3 Å². The molecule has 0 unspecified atom stereocenters. The van der Waals surface area contributed by atoms with Crippen LogP contribution in [0, 0.1) is 0 Å². The minimum absolute atomic E-state index is 0.229. The molecule has 1 N–H and O–H groups in total. The number of hydrogen-bond donors (Lipinski definition) is 1. The van der Waals surface area contributed by atoms with Gasteiger partial charge in [0.05, 0.1) is 26.2 Å². The van der Waals surface area contributed by atoms with Gasteiger partial charge in [-0.05, 0) is 32.2 Å². The number of methoxy groups -OCH3 is 3. The number of ether oxygens (including phenoxy) is 3. The summed E-state index contributed by atoms with van der Waals surface area (Å²) >= 11 is 0. The summed E-state index contributed by atoms with van der Waals surface area (Å²) in [5.41, 5.74) is 0. The fraction of sp³-hybridized carbons (Fsp3) is 0.143. The SMILES string of the molecule is COc1ccccc1P(c1ccccc1OC)c1ccc(S(=O)(=O)O)cc1OC. The Labute approximate surface area is 171 Å². The van der Waals surface area contributed by atoms with Gasteiger partial charge in [0.25, 0.3) is 10.1 Å². The van der Waals surface area contributed by atoms with Crippen LogP contribution in [0.25, 0.3) is 0 Å². The minimum Gasteiger partial charge on any atom is -0.496 e. The fourth-order valence-corrected chi connectivity index (χ4v) is 6.14. The lowest BCUT2D eigenvalue weighted by Gasteiger charge is -2.25. The average molecular weight is 432 g/mol. The molecular formula is C21H21O6PS. The van der Waals surface area contributed by atoms with Gasteiger partial charge in [-0.2, -0.15) is 8.42 Å². The Morgan fingerprint density at radius 1 is 0.690 bits per heavy atom. The van der Waals surface area contributed by atoms with E-state index in [-0.39, 0.29) is 4.90 Å². The summed E-state index contributed by atoms with van der Waals surface area (Å²) in [5, 5.41) is 2.61. The Balaban J connectivity index is 2.32. The Kier molecular flexibility index (Phi) is 6.42. The van der Waals surface area contributed by atoms with Gasteiger partial charge in [-0.15, -0.1) is 0 Å². The predicted octanol–water partition coefficient (Wildman–Crippen LogP) is 2.72. The van der Waals surface area contributed by atoms with Crippen LogP contribution in [-0.2, 0) is 10.1 Å². The summed E-state index contributed by atoms with van der Waals surface area (Å²) in [6.07, 6.45) is 0. The molecule has 0 spiro atoms. The van der Waals surface area contributed by atoms with Gasteiger partial charge < -0.3 is 14.2 Å². The van der Waals surface area contributed by atoms with Crippen molar-refractivity contribution in [2.75, 3.05) is 21.3 Å². The maximum absolute atomic E-state index is 11.6. The van der Waals surface area contributed by atoms with Crippen LogP contribution in [0.3, 0.4) is 0 Å². The Morgan fingerprint density at radius 3 is 1.59 bits per heavy atom. The first-order valence-electron chi connectivity index (χ1n) is 8.62. The van der Waals surface area contributed by atoms with Crippen molar-refractivity contribution in [1.29, 1.82) is 0 Å². The largest absolute Gasteiger partial charge is 0.496 e. The second kappa shape index (κ2) is 8.82. The predicted molar refractivity (Wildman–Crippen MR) is 115 cm³/mol. The summed E-state index contributed by atoms with van der Waals surface area (Å²) in [5.74, 6) is 1.75. The highest BCUT2D eigenvalue weighted by atomic mass is 32.2. The van der Waals surface area contributed by atoms with E-state index in [1.165, 1.54) is 19.2 Å². The van der Waals surface area contributed by atoms with Crippen molar-refractivity contribution < 1.29 is 27.2 Å². The van der Waals surface area contributed by atoms with E-state index in [1.54, 1.807) is 20.3 Å². The van der Waals surface area contributed by atoms with E-state index in [0.29, 0.717) is 17.2 Å². The van der Waals surface area contributed by atoms with E-state index >= 15 is 0 Å². The Morgan fingerprint density at radius 2 is 1.14 bits per heavy atom. The van der Waals surface area contributed by atoms with Gasteiger partial charge in [0.2, 0.25) is 0 Å². The zero-order chi connectivity index (χ0) is 21.0. The van der Waals surface area contributed by atoms with Crippen LogP contribution in [0.4, 0.5) is 0 Å². The Hall–Kier alpha value is -2.60. The van der Waals surface area contributed by atoms with Crippen molar-refractivity contribution in [3.63, 3.8) is 0 Å². The highest BCUT2D eigenvalue weighted by molar-refractivity contribution is 7.85. The quantitative estimate of drug-likeness (QED) is 0.457. The van der Waals surface area contributed by atoms with Gasteiger partial charge in [0.1, 0.15) is 17.2 Å². The average Bonchev–Trinajstić information content (AvgIpc) is 2.74. The first-order chi connectivity index (χ1) is 13.9. The molecule has 0 aliphatic rings. The summed E-state index contributed by atoms with van der Waals surface area (Å²) in [6.45, 7) is 0. The molecule has 0 saturated heterocycles. The van der Waals surface area contributed by atoms with Gasteiger partial charge in [-0.25, -0.2) is 0 Å². The van der Waals surface area contributed by atoms with Crippen LogP contribution in [0.15, 0.2) is 71.6 Å². The molecule has 0 radical (unpaired) electrons. The molecule has 0 saturated carbocycles. The van der Waals surface area contributed by atoms with E-state index in [9.17, 15) is 13.0 Å². The van der Waals surface area contributed by atoms with Crippen molar-refractivity contribution >= 4 is 34.0 Å². The molecule has 0 atom stereocenters. The molecule has 3 rings (SSSR count). The maximum atomic E-state index is 11.6.